The van der Waals surface area contributed by atoms with Crippen molar-refractivity contribution >= 4 is 30.6 Å². The molecule has 1 unspecified atom stereocenters. The van der Waals surface area contributed by atoms with E-state index in [1.165, 1.54) is 27.4 Å². The van der Waals surface area contributed by atoms with Crippen molar-refractivity contribution in [3.05, 3.63) is 51.5 Å². The predicted molar refractivity (Wildman–Crippen MR) is 176 cm³/mol. The lowest BCUT2D eigenvalue weighted by Gasteiger charge is -2.64. The Bertz CT molecular complexity index is 1610. The molecule has 0 spiro atoms. The first-order valence-electron chi connectivity index (χ1n) is 16.0. The Morgan fingerprint density at radius 3 is 2.31 bits per heavy atom. The maximum absolute atomic E-state index is 15.2. The molecule has 1 aliphatic heterocycles. The summed E-state index contributed by atoms with van der Waals surface area (Å²) < 4.78 is 64.7. The highest BCUT2D eigenvalue weighted by atomic mass is 35.5. The molecule has 6 atom stereocenters. The maximum Gasteiger partial charge on any atom is 1.00 e. The van der Waals surface area contributed by atoms with Crippen LogP contribution in [-0.4, -0.2) is 63.6 Å². The van der Waals surface area contributed by atoms with Crippen LogP contribution in [0.15, 0.2) is 18.2 Å². The summed E-state index contributed by atoms with van der Waals surface area (Å²) in [6.07, 6.45) is 1.55. The Labute approximate surface area is 286 Å². The normalized spacial score (nSPS) is 25.4. The van der Waals surface area contributed by atoms with Crippen LogP contribution in [0.5, 0.6) is 17.2 Å². The van der Waals surface area contributed by atoms with Gasteiger partial charge in [0.25, 0.3) is 0 Å². The summed E-state index contributed by atoms with van der Waals surface area (Å²) in [6.45, 7) is 11.5. The lowest BCUT2D eigenvalue weighted by Crippen LogP contribution is -2.65. The van der Waals surface area contributed by atoms with E-state index in [2.05, 4.69) is 19.2 Å². The number of nitrogens with two attached hydrogens (primary N) is 1. The number of ether oxygens (including phenoxy) is 4. The molecule has 2 bridgehead atoms. The van der Waals surface area contributed by atoms with Gasteiger partial charge in [0.1, 0.15) is 28.8 Å². The average molecular weight is 694 g/mol. The van der Waals surface area contributed by atoms with Crippen molar-refractivity contribution < 1.29 is 48.1 Å². The van der Waals surface area contributed by atoms with Crippen LogP contribution in [0.25, 0.3) is 0 Å². The molecular formula is C34H45BClF2N2O8+. The zero-order valence-electron chi connectivity index (χ0n) is 29.8. The molecule has 1 amide bonds. The standard InChI is InChI=1S/C34H44BClF2N2O8/c1-32(2,3)46-31(42)24-19(37)11-10-16(27(24)43-7)12-23(35-47-22-14-17-13-21(33(17,4)5)34(22,6)48-35)40-30(41)26(39)18-15-20(38)28(44-8)29(45-9)25(18)36/h10-11,15,17,21-23,26H,12-14,39H2,1-9H3,(H,40,41)/p+1/t17-,21-,22+,23-,26?,34-/m0/s1. The van der Waals surface area contributed by atoms with Crippen molar-refractivity contribution in [2.24, 2.45) is 23.0 Å². The van der Waals surface area contributed by atoms with Crippen LogP contribution in [0, 0.1) is 28.9 Å². The minimum atomic E-state index is -1.45. The number of carbonyl (C=O) groups excluding carboxylic acids is 2. The van der Waals surface area contributed by atoms with Gasteiger partial charge in [0.05, 0.1) is 44.0 Å². The maximum atomic E-state index is 15.2. The highest BCUT2D eigenvalue weighted by Crippen LogP contribution is 2.65. The van der Waals surface area contributed by atoms with Gasteiger partial charge in [-0.25, -0.2) is 13.6 Å². The van der Waals surface area contributed by atoms with Gasteiger partial charge in [-0.15, -0.1) is 0 Å². The Morgan fingerprint density at radius 1 is 1.08 bits per heavy atom. The Kier molecular flexibility index (Phi) is 9.77. The number of benzene rings is 2. The number of methoxy groups -OCH3 is 3. The van der Waals surface area contributed by atoms with Crippen molar-refractivity contribution in [1.29, 1.82) is 0 Å². The van der Waals surface area contributed by atoms with E-state index >= 15 is 4.39 Å². The van der Waals surface area contributed by atoms with Crippen LogP contribution < -0.4 is 25.3 Å². The fraction of sp³-hybridized carbons (Fsp3) is 0.588. The molecule has 4 aliphatic rings. The first-order chi connectivity index (χ1) is 22.4. The van der Waals surface area contributed by atoms with Gasteiger partial charge in [-0.05, 0) is 81.9 Å². The van der Waals surface area contributed by atoms with Crippen molar-refractivity contribution in [2.45, 2.75) is 90.1 Å². The lowest BCUT2D eigenvalue weighted by molar-refractivity contribution is -0.199. The van der Waals surface area contributed by atoms with Crippen LogP contribution in [0.4, 0.5) is 8.78 Å². The molecule has 48 heavy (non-hydrogen) atoms. The van der Waals surface area contributed by atoms with Gasteiger partial charge in [0, 0.05) is 5.56 Å². The second-order valence-corrected chi connectivity index (χ2v) is 15.0. The summed E-state index contributed by atoms with van der Waals surface area (Å²) >= 11 is 6.52. The van der Waals surface area contributed by atoms with Crippen LogP contribution in [-0.2, 0) is 25.3 Å². The molecular weight excluding hydrogens is 649 g/mol. The van der Waals surface area contributed by atoms with Crippen molar-refractivity contribution in [3.8, 4) is 17.2 Å². The van der Waals surface area contributed by atoms with E-state index in [1.54, 1.807) is 20.8 Å². The summed E-state index contributed by atoms with van der Waals surface area (Å²) in [4.78, 5) is 27.0. The topological polar surface area (TPSA) is 128 Å². The highest BCUT2D eigenvalue weighted by molar-refractivity contribution is 6.48. The largest absolute Gasteiger partial charge is 1.00 e. The summed E-state index contributed by atoms with van der Waals surface area (Å²) in [5.74, 6) is -3.88. The second-order valence-electron chi connectivity index (χ2n) is 14.6. The van der Waals surface area contributed by atoms with Gasteiger partial charge >= 0.3 is 14.5 Å². The second kappa shape index (κ2) is 13.0. The minimum absolute atomic E-state index is 0. The Balaban J connectivity index is 0.00000541. The molecule has 262 valence electrons. The van der Waals surface area contributed by atoms with Crippen molar-refractivity contribution in [1.82, 2.24) is 5.32 Å². The molecule has 3 saturated carbocycles. The monoisotopic (exact) mass is 693 g/mol. The van der Waals surface area contributed by atoms with E-state index in [9.17, 15) is 14.0 Å². The smallest absolute Gasteiger partial charge is 0.495 e. The zero-order chi connectivity index (χ0) is 35.5. The zero-order valence-corrected chi connectivity index (χ0v) is 29.6. The molecule has 0 aromatic heterocycles. The number of halogens is 3. The van der Waals surface area contributed by atoms with E-state index in [4.69, 9.17) is 45.6 Å². The van der Waals surface area contributed by atoms with E-state index in [0.29, 0.717) is 11.5 Å². The quantitative estimate of drug-likeness (QED) is 0.238. The van der Waals surface area contributed by atoms with E-state index in [1.807, 2.05) is 6.92 Å². The lowest BCUT2D eigenvalue weighted by atomic mass is 9.43. The van der Waals surface area contributed by atoms with Gasteiger partial charge in [-0.3, -0.25) is 4.79 Å². The average Bonchev–Trinajstić information content (AvgIpc) is 3.37. The molecule has 14 heteroatoms. The third kappa shape index (κ3) is 6.23. The summed E-state index contributed by atoms with van der Waals surface area (Å²) in [5.41, 5.74) is 4.89. The van der Waals surface area contributed by atoms with Crippen LogP contribution in [0.3, 0.4) is 0 Å². The molecule has 2 aromatic carbocycles. The molecule has 2 aromatic rings. The number of hydrogen-bond donors (Lipinski definition) is 2. The fourth-order valence-electron chi connectivity index (χ4n) is 7.66. The molecule has 10 nitrogen and oxygen atoms in total. The van der Waals surface area contributed by atoms with Crippen molar-refractivity contribution in [2.75, 3.05) is 21.3 Å². The minimum Gasteiger partial charge on any atom is -0.495 e. The molecule has 1 saturated heterocycles. The Morgan fingerprint density at radius 2 is 1.73 bits per heavy atom. The summed E-state index contributed by atoms with van der Waals surface area (Å²) in [5, 5.41) is 2.82. The van der Waals surface area contributed by atoms with Crippen molar-refractivity contribution in [3.63, 3.8) is 0 Å². The van der Waals surface area contributed by atoms with Crippen LogP contribution in [0.2, 0.25) is 5.02 Å². The highest BCUT2D eigenvalue weighted by Gasteiger charge is 2.68. The SMILES string of the molecule is COc1c(F)cc(C(N)C(=O)N[C@@H](Cc2ccc(F)c(C(=O)OC(C)(C)C)c2OC)B2O[C@@H]3C[C@@H]4C[C@@H](C4(C)C)[C@]3(C)O2)c(Cl)c1OC.[H+]. The third-order valence-electron chi connectivity index (χ3n) is 10.2. The number of carbonyl (C=O) groups is 2. The predicted octanol–water partition coefficient (Wildman–Crippen LogP) is 5.71. The first kappa shape index (κ1) is 36.2. The molecule has 3 N–H and O–H groups in total. The van der Waals surface area contributed by atoms with E-state index < -0.39 is 53.8 Å². The molecule has 1 heterocycles. The third-order valence-corrected chi connectivity index (χ3v) is 10.6. The number of nitrogens with one attached hydrogen (secondary N) is 1. The first-order valence-corrected chi connectivity index (χ1v) is 16.3. The molecule has 4 fully saturated rings. The van der Waals surface area contributed by atoms with Gasteiger partial charge in [-0.1, -0.05) is 31.5 Å². The number of amides is 1. The summed E-state index contributed by atoms with van der Waals surface area (Å²) in [6, 6.07) is 2.17. The molecule has 6 rings (SSSR count). The van der Waals surface area contributed by atoms with Gasteiger partial charge < -0.3 is 39.3 Å². The molecule has 3 aliphatic carbocycles. The number of esters is 1. The van der Waals surface area contributed by atoms with E-state index in [0.717, 1.165) is 25.0 Å². The van der Waals surface area contributed by atoms with Crippen LogP contribution in [0.1, 0.15) is 83.3 Å². The van der Waals surface area contributed by atoms with E-state index in [-0.39, 0.29) is 58.7 Å². The number of hydrogen-bond acceptors (Lipinski definition) is 9. The van der Waals surface area contributed by atoms with Gasteiger partial charge in [0.2, 0.25) is 5.91 Å². The van der Waals surface area contributed by atoms with Gasteiger partial charge in [0.15, 0.2) is 17.3 Å². The number of rotatable bonds is 10. The van der Waals surface area contributed by atoms with Crippen LogP contribution >= 0.6 is 11.6 Å². The Hall–Kier alpha value is -3.13. The molecule has 0 radical (unpaired) electrons. The fourth-order valence-corrected chi connectivity index (χ4v) is 7.99. The summed E-state index contributed by atoms with van der Waals surface area (Å²) in [7, 11) is 2.91. The van der Waals surface area contributed by atoms with Gasteiger partial charge in [-0.2, -0.15) is 0 Å².